The third-order valence-corrected chi connectivity index (χ3v) is 3.47. The minimum atomic E-state index is -0.647. The smallest absolute Gasteiger partial charge is 0.157 e. The molecule has 1 fully saturated rings. The summed E-state index contributed by atoms with van der Waals surface area (Å²) in [6.45, 7) is -0.206. The lowest BCUT2D eigenvalue weighted by Crippen LogP contribution is -2.51. The molecular formula is C14H18FNO. The molecule has 17 heavy (non-hydrogen) atoms. The zero-order chi connectivity index (χ0) is 12.1. The Hall–Kier alpha value is -1.22. The first kappa shape index (κ1) is 12.2. The van der Waals surface area contributed by atoms with Gasteiger partial charge in [-0.1, -0.05) is 36.8 Å². The van der Waals surface area contributed by atoms with Gasteiger partial charge in [-0.05, 0) is 18.4 Å². The van der Waals surface area contributed by atoms with E-state index in [2.05, 4.69) is 5.32 Å². The van der Waals surface area contributed by atoms with Gasteiger partial charge in [0.05, 0.1) is 0 Å². The molecule has 2 rings (SSSR count). The van der Waals surface area contributed by atoms with Crippen LogP contribution in [0.3, 0.4) is 0 Å². The van der Waals surface area contributed by atoms with E-state index >= 15 is 0 Å². The minimum Gasteiger partial charge on any atom is -0.299 e. The van der Waals surface area contributed by atoms with Crippen molar-refractivity contribution >= 4 is 5.78 Å². The molecule has 1 N–H and O–H groups in total. The molecule has 0 unspecified atom stereocenters. The molecule has 1 aliphatic rings. The fourth-order valence-corrected chi connectivity index (χ4v) is 2.61. The van der Waals surface area contributed by atoms with Gasteiger partial charge in [0.15, 0.2) is 5.78 Å². The molecule has 1 saturated carbocycles. The number of Topliss-reactive ketones (excluding diaryl/α,β-unsaturated/α-hetero) is 1. The zero-order valence-corrected chi connectivity index (χ0v) is 9.92. The molecule has 0 aliphatic heterocycles. The van der Waals surface area contributed by atoms with E-state index in [1.807, 2.05) is 30.3 Å². The summed E-state index contributed by atoms with van der Waals surface area (Å²) in [5, 5.41) is 3.13. The second kappa shape index (κ2) is 5.41. The normalized spacial score (nSPS) is 24.9. The number of halogens is 1. The lowest BCUT2D eigenvalue weighted by atomic mass is 9.75. The molecule has 92 valence electrons. The highest BCUT2D eigenvalue weighted by atomic mass is 19.1. The first-order valence-electron chi connectivity index (χ1n) is 6.19. The number of alkyl halides is 1. The highest BCUT2D eigenvalue weighted by Gasteiger charge is 2.40. The molecular weight excluding hydrogens is 217 g/mol. The van der Waals surface area contributed by atoms with Crippen LogP contribution in [-0.2, 0) is 10.3 Å². The largest absolute Gasteiger partial charge is 0.299 e. The SMILES string of the molecule is O=C1CCCC[C@@]1(NCCF)c1ccccc1. The summed E-state index contributed by atoms with van der Waals surface area (Å²) in [4.78, 5) is 12.2. The minimum absolute atomic E-state index is 0.198. The Bertz CT molecular complexity index is 379. The van der Waals surface area contributed by atoms with Gasteiger partial charge < -0.3 is 0 Å². The van der Waals surface area contributed by atoms with Crippen LogP contribution < -0.4 is 5.32 Å². The average Bonchev–Trinajstić information content (AvgIpc) is 2.39. The van der Waals surface area contributed by atoms with Crippen molar-refractivity contribution in [2.75, 3.05) is 13.2 Å². The monoisotopic (exact) mass is 235 g/mol. The van der Waals surface area contributed by atoms with Crippen LogP contribution in [0.2, 0.25) is 0 Å². The topological polar surface area (TPSA) is 29.1 Å². The lowest BCUT2D eigenvalue weighted by Gasteiger charge is -2.37. The van der Waals surface area contributed by atoms with E-state index in [0.29, 0.717) is 6.42 Å². The van der Waals surface area contributed by atoms with E-state index in [1.54, 1.807) is 0 Å². The van der Waals surface area contributed by atoms with Gasteiger partial charge in [0.25, 0.3) is 0 Å². The molecule has 0 heterocycles. The fraction of sp³-hybridized carbons (Fsp3) is 0.500. The van der Waals surface area contributed by atoms with Gasteiger partial charge in [-0.25, -0.2) is 4.39 Å². The number of hydrogen-bond donors (Lipinski definition) is 1. The summed E-state index contributed by atoms with van der Waals surface area (Å²) in [5.41, 5.74) is 0.323. The predicted molar refractivity (Wildman–Crippen MR) is 65.6 cm³/mol. The van der Waals surface area contributed by atoms with Crippen molar-refractivity contribution in [3.8, 4) is 0 Å². The van der Waals surface area contributed by atoms with Crippen molar-refractivity contribution in [2.45, 2.75) is 31.2 Å². The van der Waals surface area contributed by atoms with Crippen molar-refractivity contribution in [3.05, 3.63) is 35.9 Å². The summed E-state index contributed by atoms with van der Waals surface area (Å²) in [6, 6.07) is 9.69. The van der Waals surface area contributed by atoms with Crippen LogP contribution in [0.4, 0.5) is 4.39 Å². The second-order valence-corrected chi connectivity index (χ2v) is 4.52. The summed E-state index contributed by atoms with van der Waals surface area (Å²) in [6.07, 6.45) is 3.33. The maximum absolute atomic E-state index is 12.4. The van der Waals surface area contributed by atoms with Gasteiger partial charge in [-0.15, -0.1) is 0 Å². The second-order valence-electron chi connectivity index (χ2n) is 4.52. The highest BCUT2D eigenvalue weighted by molar-refractivity contribution is 5.90. The van der Waals surface area contributed by atoms with Crippen molar-refractivity contribution in [3.63, 3.8) is 0 Å². The van der Waals surface area contributed by atoms with E-state index in [4.69, 9.17) is 0 Å². The maximum Gasteiger partial charge on any atom is 0.157 e. The molecule has 0 radical (unpaired) electrons. The Balaban J connectivity index is 2.32. The summed E-state index contributed by atoms with van der Waals surface area (Å²) < 4.78 is 12.4. The third-order valence-electron chi connectivity index (χ3n) is 3.47. The van der Waals surface area contributed by atoms with Crippen molar-refractivity contribution in [2.24, 2.45) is 0 Å². The predicted octanol–water partition coefficient (Wildman–Crippen LogP) is 2.58. The summed E-state index contributed by atoms with van der Waals surface area (Å²) in [7, 11) is 0. The number of benzene rings is 1. The van der Waals surface area contributed by atoms with Gasteiger partial charge in [0, 0.05) is 13.0 Å². The fourth-order valence-electron chi connectivity index (χ4n) is 2.61. The molecule has 1 atom stereocenters. The average molecular weight is 235 g/mol. The lowest BCUT2D eigenvalue weighted by molar-refractivity contribution is -0.128. The number of hydrogen-bond acceptors (Lipinski definition) is 2. The van der Waals surface area contributed by atoms with Crippen LogP contribution in [0.15, 0.2) is 30.3 Å². The first-order chi connectivity index (χ1) is 8.29. The van der Waals surface area contributed by atoms with E-state index in [-0.39, 0.29) is 12.3 Å². The Kier molecular flexibility index (Phi) is 3.89. The molecule has 3 heteroatoms. The zero-order valence-electron chi connectivity index (χ0n) is 9.92. The standard InChI is InChI=1S/C14H18FNO/c15-10-11-16-14(9-5-4-8-13(14)17)12-6-2-1-3-7-12/h1-3,6-7,16H,4-5,8-11H2/t14-/m1/s1. The molecule has 0 bridgehead atoms. The number of carbonyl (C=O) groups excluding carboxylic acids is 1. The van der Waals surface area contributed by atoms with Gasteiger partial charge in [-0.3, -0.25) is 10.1 Å². The van der Waals surface area contributed by atoms with Crippen LogP contribution in [0.5, 0.6) is 0 Å². The maximum atomic E-state index is 12.4. The Morgan fingerprint density at radius 2 is 2.00 bits per heavy atom. The van der Waals surface area contributed by atoms with Crippen molar-refractivity contribution in [1.82, 2.24) is 5.32 Å². The van der Waals surface area contributed by atoms with Crippen LogP contribution in [0, 0.1) is 0 Å². The van der Waals surface area contributed by atoms with E-state index in [9.17, 15) is 9.18 Å². The highest BCUT2D eigenvalue weighted by Crippen LogP contribution is 2.34. The van der Waals surface area contributed by atoms with Crippen molar-refractivity contribution < 1.29 is 9.18 Å². The molecule has 0 saturated heterocycles. The Morgan fingerprint density at radius 3 is 2.65 bits per heavy atom. The van der Waals surface area contributed by atoms with Gasteiger partial charge >= 0.3 is 0 Å². The van der Waals surface area contributed by atoms with Crippen molar-refractivity contribution in [1.29, 1.82) is 0 Å². The molecule has 1 aliphatic carbocycles. The number of nitrogens with one attached hydrogen (secondary N) is 1. The first-order valence-corrected chi connectivity index (χ1v) is 6.19. The molecule has 1 aromatic rings. The Labute approximate surface area is 101 Å². The Morgan fingerprint density at radius 1 is 1.24 bits per heavy atom. The van der Waals surface area contributed by atoms with E-state index in [1.165, 1.54) is 0 Å². The quantitative estimate of drug-likeness (QED) is 0.869. The van der Waals surface area contributed by atoms with Crippen LogP contribution in [0.25, 0.3) is 0 Å². The summed E-state index contributed by atoms with van der Waals surface area (Å²) in [5.74, 6) is 0.198. The van der Waals surface area contributed by atoms with E-state index in [0.717, 1.165) is 24.8 Å². The molecule has 0 aromatic heterocycles. The van der Waals surface area contributed by atoms with Crippen LogP contribution >= 0.6 is 0 Å². The van der Waals surface area contributed by atoms with E-state index < -0.39 is 12.2 Å². The number of carbonyl (C=O) groups is 1. The molecule has 0 spiro atoms. The van der Waals surface area contributed by atoms with Crippen LogP contribution in [-0.4, -0.2) is 19.0 Å². The number of rotatable bonds is 4. The van der Waals surface area contributed by atoms with Crippen LogP contribution in [0.1, 0.15) is 31.2 Å². The molecule has 2 nitrogen and oxygen atoms in total. The molecule has 1 aromatic carbocycles. The van der Waals surface area contributed by atoms with Gasteiger partial charge in [0.2, 0.25) is 0 Å². The van der Waals surface area contributed by atoms with Gasteiger partial charge in [-0.2, -0.15) is 0 Å². The molecule has 0 amide bonds. The van der Waals surface area contributed by atoms with Gasteiger partial charge in [0.1, 0.15) is 12.2 Å². The number of ketones is 1. The third kappa shape index (κ3) is 2.39. The summed E-state index contributed by atoms with van der Waals surface area (Å²) >= 11 is 0.